The van der Waals surface area contributed by atoms with Crippen LogP contribution in [0.15, 0.2) is 48.5 Å². The van der Waals surface area contributed by atoms with Gasteiger partial charge in [-0.15, -0.1) is 0 Å². The second-order valence-electron chi connectivity index (χ2n) is 4.59. The van der Waals surface area contributed by atoms with Gasteiger partial charge in [0.25, 0.3) is 5.91 Å². The zero-order valence-electron chi connectivity index (χ0n) is 11.7. The van der Waals surface area contributed by atoms with Crippen molar-refractivity contribution in [1.29, 1.82) is 0 Å². The first-order valence-corrected chi connectivity index (χ1v) is 6.90. The summed E-state index contributed by atoms with van der Waals surface area (Å²) in [6, 6.07) is 12.6. The van der Waals surface area contributed by atoms with E-state index in [9.17, 15) is 9.59 Å². The van der Waals surface area contributed by atoms with Gasteiger partial charge in [0, 0.05) is 10.7 Å². The Morgan fingerprint density at radius 3 is 2.23 bits per heavy atom. The minimum Gasteiger partial charge on any atom is -0.481 e. The predicted molar refractivity (Wildman–Crippen MR) is 83.6 cm³/mol. The van der Waals surface area contributed by atoms with Crippen molar-refractivity contribution in [2.75, 3.05) is 5.32 Å². The molecule has 1 atom stereocenters. The number of aromatic carboxylic acids is 1. The van der Waals surface area contributed by atoms with Crippen molar-refractivity contribution in [2.45, 2.75) is 13.0 Å². The SMILES string of the molecule is CC(Oc1ccc(Cl)cc1)C(=O)Nc1ccc(C(=O)O)cc1. The topological polar surface area (TPSA) is 75.6 Å². The molecule has 0 aliphatic rings. The molecule has 22 heavy (non-hydrogen) atoms. The van der Waals surface area contributed by atoms with Crippen LogP contribution in [0, 0.1) is 0 Å². The monoisotopic (exact) mass is 319 g/mol. The van der Waals surface area contributed by atoms with Crippen LogP contribution >= 0.6 is 11.6 Å². The minimum absolute atomic E-state index is 0.156. The second kappa shape index (κ2) is 6.95. The molecule has 0 heterocycles. The number of halogens is 1. The number of carboxylic acids is 1. The molecule has 114 valence electrons. The fourth-order valence-electron chi connectivity index (χ4n) is 1.71. The molecular weight excluding hydrogens is 306 g/mol. The summed E-state index contributed by atoms with van der Waals surface area (Å²) in [6.07, 6.45) is -0.708. The quantitative estimate of drug-likeness (QED) is 0.885. The van der Waals surface area contributed by atoms with E-state index in [1.807, 2.05) is 0 Å². The van der Waals surface area contributed by atoms with E-state index in [2.05, 4.69) is 5.32 Å². The van der Waals surface area contributed by atoms with Crippen molar-refractivity contribution < 1.29 is 19.4 Å². The maximum absolute atomic E-state index is 12.0. The van der Waals surface area contributed by atoms with Crippen molar-refractivity contribution in [3.05, 3.63) is 59.1 Å². The third-order valence-corrected chi connectivity index (χ3v) is 3.15. The van der Waals surface area contributed by atoms with E-state index in [4.69, 9.17) is 21.4 Å². The molecule has 0 fully saturated rings. The first-order chi connectivity index (χ1) is 10.5. The molecule has 0 saturated heterocycles. The number of carbonyl (C=O) groups excluding carboxylic acids is 1. The molecule has 1 unspecified atom stereocenters. The second-order valence-corrected chi connectivity index (χ2v) is 5.02. The average molecular weight is 320 g/mol. The summed E-state index contributed by atoms with van der Waals surface area (Å²) in [5.74, 6) is -0.816. The summed E-state index contributed by atoms with van der Waals surface area (Å²) in [6.45, 7) is 1.62. The molecule has 5 nitrogen and oxygen atoms in total. The number of hydrogen-bond donors (Lipinski definition) is 2. The lowest BCUT2D eigenvalue weighted by Gasteiger charge is -2.14. The van der Waals surface area contributed by atoms with Crippen LogP contribution in [0.2, 0.25) is 5.02 Å². The lowest BCUT2D eigenvalue weighted by Crippen LogP contribution is -2.30. The molecule has 0 bridgehead atoms. The fraction of sp³-hybridized carbons (Fsp3) is 0.125. The lowest BCUT2D eigenvalue weighted by molar-refractivity contribution is -0.122. The predicted octanol–water partition coefficient (Wildman–Crippen LogP) is 3.44. The van der Waals surface area contributed by atoms with Gasteiger partial charge in [0.15, 0.2) is 6.10 Å². The summed E-state index contributed by atoms with van der Waals surface area (Å²) in [7, 11) is 0. The molecule has 1 amide bonds. The summed E-state index contributed by atoms with van der Waals surface area (Å²) in [4.78, 5) is 22.8. The first-order valence-electron chi connectivity index (χ1n) is 6.52. The van der Waals surface area contributed by atoms with Crippen LogP contribution < -0.4 is 10.1 Å². The van der Waals surface area contributed by atoms with Crippen LogP contribution in [0.4, 0.5) is 5.69 Å². The van der Waals surface area contributed by atoms with Gasteiger partial charge in [-0.25, -0.2) is 4.79 Å². The number of nitrogens with one attached hydrogen (secondary N) is 1. The lowest BCUT2D eigenvalue weighted by atomic mass is 10.2. The van der Waals surface area contributed by atoms with Crippen molar-refractivity contribution >= 4 is 29.2 Å². The molecule has 2 aromatic carbocycles. The number of ether oxygens (including phenoxy) is 1. The molecule has 0 aromatic heterocycles. The Balaban J connectivity index is 1.95. The summed E-state index contributed by atoms with van der Waals surface area (Å²) >= 11 is 5.78. The molecular formula is C16H14ClNO4. The number of carboxylic acid groups (broad SMARTS) is 1. The molecule has 0 aliphatic heterocycles. The van der Waals surface area contributed by atoms with Crippen LogP contribution in [0.5, 0.6) is 5.75 Å². The molecule has 0 radical (unpaired) electrons. The Labute approximate surface area is 132 Å². The highest BCUT2D eigenvalue weighted by Gasteiger charge is 2.15. The van der Waals surface area contributed by atoms with Crippen LogP contribution in [0.25, 0.3) is 0 Å². The maximum atomic E-state index is 12.0. The summed E-state index contributed by atoms with van der Waals surface area (Å²) in [5, 5.41) is 12.1. The Morgan fingerprint density at radius 2 is 1.68 bits per heavy atom. The van der Waals surface area contributed by atoms with Crippen LogP contribution in [-0.4, -0.2) is 23.1 Å². The van der Waals surface area contributed by atoms with Crippen LogP contribution in [0.3, 0.4) is 0 Å². The van der Waals surface area contributed by atoms with Crippen molar-refractivity contribution in [2.24, 2.45) is 0 Å². The zero-order valence-corrected chi connectivity index (χ0v) is 12.5. The van der Waals surface area contributed by atoms with E-state index in [1.165, 1.54) is 24.3 Å². The number of anilines is 1. The van der Waals surface area contributed by atoms with E-state index in [-0.39, 0.29) is 11.5 Å². The van der Waals surface area contributed by atoms with Crippen LogP contribution in [0.1, 0.15) is 17.3 Å². The van der Waals surface area contributed by atoms with Gasteiger partial charge in [0.05, 0.1) is 5.56 Å². The highest BCUT2D eigenvalue weighted by molar-refractivity contribution is 6.30. The third kappa shape index (κ3) is 4.23. The minimum atomic E-state index is -1.02. The van der Waals surface area contributed by atoms with Gasteiger partial charge in [0.2, 0.25) is 0 Å². The van der Waals surface area contributed by atoms with Gasteiger partial charge < -0.3 is 15.2 Å². The smallest absolute Gasteiger partial charge is 0.335 e. The van der Waals surface area contributed by atoms with Gasteiger partial charge in [-0.05, 0) is 55.5 Å². The highest BCUT2D eigenvalue weighted by Crippen LogP contribution is 2.17. The van der Waals surface area contributed by atoms with E-state index in [0.29, 0.717) is 16.5 Å². The Kier molecular flexibility index (Phi) is 5.01. The fourth-order valence-corrected chi connectivity index (χ4v) is 1.84. The van der Waals surface area contributed by atoms with E-state index >= 15 is 0 Å². The molecule has 2 N–H and O–H groups in total. The number of amides is 1. The zero-order chi connectivity index (χ0) is 16.1. The van der Waals surface area contributed by atoms with Gasteiger partial charge in [0.1, 0.15) is 5.75 Å². The summed E-state index contributed by atoms with van der Waals surface area (Å²) < 4.78 is 5.50. The largest absolute Gasteiger partial charge is 0.481 e. The van der Waals surface area contributed by atoms with E-state index in [0.717, 1.165) is 0 Å². The molecule has 2 rings (SSSR count). The third-order valence-electron chi connectivity index (χ3n) is 2.90. The normalized spacial score (nSPS) is 11.5. The standard InChI is InChI=1S/C16H14ClNO4/c1-10(22-14-8-4-12(17)5-9-14)15(19)18-13-6-2-11(3-7-13)16(20)21/h2-10H,1H3,(H,18,19)(H,20,21). The highest BCUT2D eigenvalue weighted by atomic mass is 35.5. The molecule has 0 saturated carbocycles. The molecule has 0 spiro atoms. The van der Waals surface area contributed by atoms with Gasteiger partial charge in [-0.3, -0.25) is 4.79 Å². The van der Waals surface area contributed by atoms with E-state index in [1.54, 1.807) is 31.2 Å². The Bertz CT molecular complexity index is 668. The number of carbonyl (C=O) groups is 2. The molecule has 6 heteroatoms. The van der Waals surface area contributed by atoms with E-state index < -0.39 is 12.1 Å². The molecule has 2 aromatic rings. The van der Waals surface area contributed by atoms with Crippen LogP contribution in [-0.2, 0) is 4.79 Å². The summed E-state index contributed by atoms with van der Waals surface area (Å²) in [5.41, 5.74) is 0.657. The number of benzene rings is 2. The number of rotatable bonds is 5. The van der Waals surface area contributed by atoms with Gasteiger partial charge >= 0.3 is 5.97 Å². The maximum Gasteiger partial charge on any atom is 0.335 e. The Morgan fingerprint density at radius 1 is 1.09 bits per heavy atom. The first kappa shape index (κ1) is 15.9. The van der Waals surface area contributed by atoms with Crippen molar-refractivity contribution in [1.82, 2.24) is 0 Å². The Hall–Kier alpha value is -2.53. The number of hydrogen-bond acceptors (Lipinski definition) is 3. The van der Waals surface area contributed by atoms with Crippen molar-refractivity contribution in [3.8, 4) is 5.75 Å². The molecule has 0 aliphatic carbocycles. The van der Waals surface area contributed by atoms with Crippen molar-refractivity contribution in [3.63, 3.8) is 0 Å². The van der Waals surface area contributed by atoms with Gasteiger partial charge in [-0.1, -0.05) is 11.6 Å². The van der Waals surface area contributed by atoms with Gasteiger partial charge in [-0.2, -0.15) is 0 Å². The average Bonchev–Trinajstić information content (AvgIpc) is 2.50.